The molecular weight excluding hydrogens is 456 g/mol. The first-order valence-electron chi connectivity index (χ1n) is 13.5. The van der Waals surface area contributed by atoms with Gasteiger partial charge in [-0.15, -0.1) is 0 Å². The van der Waals surface area contributed by atoms with E-state index in [1.54, 1.807) is 4.90 Å². The molecule has 8 heteroatoms. The maximum absolute atomic E-state index is 13.8. The highest BCUT2D eigenvalue weighted by Gasteiger charge is 2.52. The molecule has 3 heterocycles. The second-order valence-electron chi connectivity index (χ2n) is 11.3. The van der Waals surface area contributed by atoms with Gasteiger partial charge in [0.05, 0.1) is 6.10 Å². The molecule has 0 aliphatic carbocycles. The minimum absolute atomic E-state index is 0.0526. The van der Waals surface area contributed by atoms with Crippen LogP contribution in [0.25, 0.3) is 0 Å². The molecule has 8 nitrogen and oxygen atoms in total. The van der Waals surface area contributed by atoms with Gasteiger partial charge in [-0.2, -0.15) is 0 Å². The molecule has 2 amide bonds. The van der Waals surface area contributed by atoms with Gasteiger partial charge in [0.1, 0.15) is 18.7 Å². The molecule has 3 fully saturated rings. The summed E-state index contributed by atoms with van der Waals surface area (Å²) in [5, 5.41) is 3.03. The van der Waals surface area contributed by atoms with Gasteiger partial charge in [0.15, 0.2) is 5.78 Å². The molecule has 4 atom stereocenters. The van der Waals surface area contributed by atoms with E-state index in [0.29, 0.717) is 18.5 Å². The Bertz CT molecular complexity index is 955. The van der Waals surface area contributed by atoms with Crippen molar-refractivity contribution in [1.82, 2.24) is 15.1 Å². The van der Waals surface area contributed by atoms with Crippen molar-refractivity contribution in [2.24, 2.45) is 11.3 Å². The Labute approximate surface area is 215 Å². The highest BCUT2D eigenvalue weighted by atomic mass is 16.5. The monoisotopic (exact) mass is 498 g/mol. The van der Waals surface area contributed by atoms with E-state index in [2.05, 4.69) is 22.0 Å². The quantitative estimate of drug-likeness (QED) is 0.593. The van der Waals surface area contributed by atoms with Crippen molar-refractivity contribution in [2.75, 3.05) is 50.8 Å². The fourth-order valence-electron chi connectivity index (χ4n) is 5.66. The van der Waals surface area contributed by atoms with Gasteiger partial charge < -0.3 is 19.9 Å². The van der Waals surface area contributed by atoms with Crippen LogP contribution in [0.3, 0.4) is 0 Å². The summed E-state index contributed by atoms with van der Waals surface area (Å²) in [6.07, 6.45) is 1.62. The Hall–Kier alpha value is -2.45. The van der Waals surface area contributed by atoms with E-state index in [1.807, 2.05) is 52.0 Å². The third-order valence-electron chi connectivity index (χ3n) is 8.35. The lowest BCUT2D eigenvalue weighted by Gasteiger charge is -2.37. The summed E-state index contributed by atoms with van der Waals surface area (Å²) >= 11 is 0. The SMILES string of the molecule is CCCN1CCN(c2ccc(C(=O)NC(C(=O)N3C[C@H](C)[C@H]4OCC(=O)[C@H]43)C(C)(C)CC)cc2)CC1. The molecule has 0 aromatic heterocycles. The van der Waals surface area contributed by atoms with E-state index >= 15 is 0 Å². The third-order valence-corrected chi connectivity index (χ3v) is 8.35. The smallest absolute Gasteiger partial charge is 0.251 e. The molecule has 0 bridgehead atoms. The number of fused-ring (bicyclic) bond motifs is 1. The predicted molar refractivity (Wildman–Crippen MR) is 140 cm³/mol. The van der Waals surface area contributed by atoms with Gasteiger partial charge in [0.2, 0.25) is 5.91 Å². The number of carbonyl (C=O) groups is 3. The topological polar surface area (TPSA) is 82.2 Å². The zero-order chi connectivity index (χ0) is 26.0. The number of ketones is 1. The lowest BCUT2D eigenvalue weighted by molar-refractivity contribution is -0.140. The molecular formula is C28H42N4O4. The van der Waals surface area contributed by atoms with Crippen LogP contribution in [-0.4, -0.2) is 91.5 Å². The maximum Gasteiger partial charge on any atom is 0.251 e. The van der Waals surface area contributed by atoms with Crippen molar-refractivity contribution in [3.05, 3.63) is 29.8 Å². The fourth-order valence-corrected chi connectivity index (χ4v) is 5.66. The number of amides is 2. The normalized spacial score (nSPS) is 25.7. The maximum atomic E-state index is 13.8. The van der Waals surface area contributed by atoms with Crippen molar-refractivity contribution >= 4 is 23.3 Å². The van der Waals surface area contributed by atoms with E-state index in [4.69, 9.17) is 4.74 Å². The summed E-state index contributed by atoms with van der Waals surface area (Å²) in [4.78, 5) is 46.1. The average Bonchev–Trinajstić information content (AvgIpc) is 3.43. The number of rotatable bonds is 8. The number of nitrogens with one attached hydrogen (secondary N) is 1. The van der Waals surface area contributed by atoms with Gasteiger partial charge in [0, 0.05) is 49.9 Å². The molecule has 3 saturated heterocycles. The number of hydrogen-bond acceptors (Lipinski definition) is 6. The molecule has 1 N–H and O–H groups in total. The number of ether oxygens (including phenoxy) is 1. The zero-order valence-electron chi connectivity index (χ0n) is 22.5. The van der Waals surface area contributed by atoms with Crippen LogP contribution < -0.4 is 10.2 Å². The van der Waals surface area contributed by atoms with E-state index in [0.717, 1.165) is 38.4 Å². The highest BCUT2D eigenvalue weighted by Crippen LogP contribution is 2.35. The van der Waals surface area contributed by atoms with E-state index in [-0.39, 0.29) is 36.2 Å². The highest BCUT2D eigenvalue weighted by molar-refractivity contribution is 5.99. The lowest BCUT2D eigenvalue weighted by atomic mass is 9.80. The number of anilines is 1. The minimum Gasteiger partial charge on any atom is -0.369 e. The van der Waals surface area contributed by atoms with Crippen molar-refractivity contribution < 1.29 is 19.1 Å². The molecule has 3 aliphatic heterocycles. The second-order valence-corrected chi connectivity index (χ2v) is 11.3. The van der Waals surface area contributed by atoms with E-state index in [1.165, 1.54) is 6.42 Å². The van der Waals surface area contributed by atoms with Crippen LogP contribution in [0, 0.1) is 11.3 Å². The molecule has 36 heavy (non-hydrogen) atoms. The Balaban J connectivity index is 1.45. The number of piperazine rings is 1. The minimum atomic E-state index is -0.735. The number of nitrogens with zero attached hydrogens (tertiary/aromatic N) is 3. The van der Waals surface area contributed by atoms with Gasteiger partial charge >= 0.3 is 0 Å². The molecule has 0 spiro atoms. The first kappa shape index (κ1) is 26.6. The van der Waals surface area contributed by atoms with E-state index < -0.39 is 17.5 Å². The number of likely N-dealkylation sites (tertiary alicyclic amines) is 1. The van der Waals surface area contributed by atoms with Crippen molar-refractivity contribution in [3.8, 4) is 0 Å². The molecule has 1 aromatic carbocycles. The molecule has 0 radical (unpaired) electrons. The van der Waals surface area contributed by atoms with Crippen LogP contribution >= 0.6 is 0 Å². The van der Waals surface area contributed by atoms with Gasteiger partial charge in [-0.25, -0.2) is 0 Å². The van der Waals surface area contributed by atoms with Crippen molar-refractivity contribution in [3.63, 3.8) is 0 Å². The van der Waals surface area contributed by atoms with Gasteiger partial charge in [-0.3, -0.25) is 19.3 Å². The first-order valence-corrected chi connectivity index (χ1v) is 13.5. The number of Topliss-reactive ketones (excluding diaryl/α,β-unsaturated/α-hetero) is 1. The molecule has 4 rings (SSSR count). The van der Waals surface area contributed by atoms with Crippen LogP contribution in [0.4, 0.5) is 5.69 Å². The molecule has 1 unspecified atom stereocenters. The van der Waals surface area contributed by atoms with Crippen LogP contribution in [0.15, 0.2) is 24.3 Å². The largest absolute Gasteiger partial charge is 0.369 e. The summed E-state index contributed by atoms with van der Waals surface area (Å²) in [5.74, 6) is -0.437. The van der Waals surface area contributed by atoms with Crippen LogP contribution in [0.1, 0.15) is 57.8 Å². The summed E-state index contributed by atoms with van der Waals surface area (Å²) in [5.41, 5.74) is 1.16. The second kappa shape index (κ2) is 10.9. The Morgan fingerprint density at radius 2 is 1.78 bits per heavy atom. The van der Waals surface area contributed by atoms with Crippen molar-refractivity contribution in [1.29, 1.82) is 0 Å². The van der Waals surface area contributed by atoms with Crippen molar-refractivity contribution in [2.45, 2.75) is 65.6 Å². The third kappa shape index (κ3) is 5.30. The summed E-state index contributed by atoms with van der Waals surface area (Å²) in [6, 6.07) is 6.39. The van der Waals surface area contributed by atoms with E-state index in [9.17, 15) is 14.4 Å². The van der Waals surface area contributed by atoms with Gasteiger partial charge in [-0.1, -0.05) is 34.6 Å². The van der Waals surface area contributed by atoms with Crippen LogP contribution in [0.2, 0.25) is 0 Å². The average molecular weight is 499 g/mol. The number of benzene rings is 1. The Morgan fingerprint density at radius 1 is 1.11 bits per heavy atom. The Kier molecular flexibility index (Phi) is 8.05. The summed E-state index contributed by atoms with van der Waals surface area (Å²) in [7, 11) is 0. The molecule has 198 valence electrons. The summed E-state index contributed by atoms with van der Waals surface area (Å²) < 4.78 is 5.67. The van der Waals surface area contributed by atoms with Crippen LogP contribution in [0.5, 0.6) is 0 Å². The summed E-state index contributed by atoms with van der Waals surface area (Å²) in [6.45, 7) is 15.9. The molecule has 3 aliphatic rings. The zero-order valence-corrected chi connectivity index (χ0v) is 22.5. The van der Waals surface area contributed by atoms with Gasteiger partial charge in [0.25, 0.3) is 5.91 Å². The standard InChI is InChI=1S/C28H42N4O4/c1-6-12-30-13-15-31(16-14-30)21-10-8-20(9-11-21)26(34)29-25(28(4,5)7-2)27(35)32-17-19(3)24-23(32)22(33)18-36-24/h8-11,19,23-25H,6-7,12-18H2,1-5H3,(H,29,34)/t19-,23+,24+,25?/m0/s1. The van der Waals surface area contributed by atoms with Gasteiger partial charge in [-0.05, 0) is 49.1 Å². The first-order chi connectivity index (χ1) is 17.2. The predicted octanol–water partition coefficient (Wildman–Crippen LogP) is 2.57. The lowest BCUT2D eigenvalue weighted by Crippen LogP contribution is -2.57. The Morgan fingerprint density at radius 3 is 2.39 bits per heavy atom. The number of carbonyl (C=O) groups excluding carboxylic acids is 3. The molecule has 0 saturated carbocycles. The van der Waals surface area contributed by atoms with Crippen LogP contribution in [-0.2, 0) is 14.3 Å². The number of hydrogen-bond donors (Lipinski definition) is 1. The fraction of sp³-hybridized carbons (Fsp3) is 0.679. The molecule has 1 aromatic rings.